The molecule has 23 heteroatoms. The van der Waals surface area contributed by atoms with Crippen LogP contribution >= 0.6 is 0 Å². The van der Waals surface area contributed by atoms with Gasteiger partial charge in [-0.25, -0.2) is 13.6 Å². The van der Waals surface area contributed by atoms with Crippen LogP contribution in [-0.2, 0) is 4.79 Å². The SMILES string of the molecule is O=C(O)C(=C(F)C(F)(F)C(F)(F)C(F)(F)C(F)(F)C(F)(F)C(F)(C(F)(F)F)C(F)(F)F)C(F)(F)F. The fourth-order valence-corrected chi connectivity index (χ4v) is 1.96. The van der Waals surface area contributed by atoms with Crippen LogP contribution in [0.25, 0.3) is 0 Å². The molecule has 0 bridgehead atoms. The van der Waals surface area contributed by atoms with Crippen LogP contribution in [0.15, 0.2) is 11.4 Å². The van der Waals surface area contributed by atoms with Crippen LogP contribution in [0.2, 0.25) is 0 Å². The highest BCUT2D eigenvalue weighted by atomic mass is 19.4. The van der Waals surface area contributed by atoms with Gasteiger partial charge >= 0.3 is 59.8 Å². The van der Waals surface area contributed by atoms with E-state index >= 15 is 0 Å². The summed E-state index contributed by atoms with van der Waals surface area (Å²) in [4.78, 5) is 10.2. The zero-order valence-corrected chi connectivity index (χ0v) is 14.8. The van der Waals surface area contributed by atoms with E-state index in [0.717, 1.165) is 0 Å². The molecule has 0 rings (SSSR count). The Labute approximate surface area is 174 Å². The molecule has 0 aromatic rings. The zero-order chi connectivity index (χ0) is 29.2. The van der Waals surface area contributed by atoms with Gasteiger partial charge in [0.1, 0.15) is 0 Å². The lowest BCUT2D eigenvalue weighted by Gasteiger charge is -2.44. The Bertz CT molecular complexity index is 839. The molecule has 0 spiro atoms. The number of carbonyl (C=O) groups is 1. The van der Waals surface area contributed by atoms with Crippen molar-refractivity contribution >= 4 is 5.97 Å². The molecule has 0 aliphatic carbocycles. The smallest absolute Gasteiger partial charge is 0.438 e. The van der Waals surface area contributed by atoms with Crippen molar-refractivity contribution < 1.29 is 102 Å². The Morgan fingerprint density at radius 3 is 1.00 bits per heavy atom. The van der Waals surface area contributed by atoms with Crippen LogP contribution in [0.3, 0.4) is 0 Å². The molecule has 0 saturated heterocycles. The van der Waals surface area contributed by atoms with E-state index in [0.29, 0.717) is 0 Å². The number of alkyl halides is 20. The largest absolute Gasteiger partial charge is 0.478 e. The van der Waals surface area contributed by atoms with Crippen molar-refractivity contribution in [1.29, 1.82) is 0 Å². The second kappa shape index (κ2) is 8.13. The minimum Gasteiger partial charge on any atom is -0.478 e. The summed E-state index contributed by atoms with van der Waals surface area (Å²) in [6.45, 7) is 0. The van der Waals surface area contributed by atoms with E-state index in [1.54, 1.807) is 0 Å². The molecular formula is C12HF21O2. The Morgan fingerprint density at radius 1 is 0.486 bits per heavy atom. The van der Waals surface area contributed by atoms with Crippen molar-refractivity contribution in [2.75, 3.05) is 0 Å². The quantitative estimate of drug-likeness (QED) is 0.266. The van der Waals surface area contributed by atoms with E-state index in [-0.39, 0.29) is 0 Å². The number of carboxylic acids is 1. The van der Waals surface area contributed by atoms with Gasteiger partial charge in [0.2, 0.25) is 0 Å². The van der Waals surface area contributed by atoms with Crippen molar-refractivity contribution in [2.24, 2.45) is 0 Å². The summed E-state index contributed by atoms with van der Waals surface area (Å²) in [5, 5.41) is 7.93. The first kappa shape index (κ1) is 32.7. The van der Waals surface area contributed by atoms with Crippen molar-refractivity contribution in [3.8, 4) is 0 Å². The average Bonchev–Trinajstić information content (AvgIpc) is 2.56. The fraction of sp³-hybridized carbons (Fsp3) is 0.750. The lowest BCUT2D eigenvalue weighted by Crippen LogP contribution is -2.76. The first-order valence-corrected chi connectivity index (χ1v) is 7.15. The second-order valence-electron chi connectivity index (χ2n) is 6.02. The van der Waals surface area contributed by atoms with Gasteiger partial charge < -0.3 is 5.11 Å². The third-order valence-corrected chi connectivity index (χ3v) is 3.78. The van der Waals surface area contributed by atoms with E-state index in [2.05, 4.69) is 0 Å². The summed E-state index contributed by atoms with van der Waals surface area (Å²) in [5.41, 5.74) is -13.5. The monoisotopic (exact) mass is 576 g/mol. The van der Waals surface area contributed by atoms with Crippen LogP contribution < -0.4 is 0 Å². The molecular weight excluding hydrogens is 575 g/mol. The summed E-state index contributed by atoms with van der Waals surface area (Å²) in [6, 6.07) is 0. The van der Waals surface area contributed by atoms with Crippen LogP contribution in [0.5, 0.6) is 0 Å². The molecule has 2 nitrogen and oxygen atoms in total. The van der Waals surface area contributed by atoms with Crippen LogP contribution in [0, 0.1) is 0 Å². The van der Waals surface area contributed by atoms with Crippen molar-refractivity contribution in [3.05, 3.63) is 11.4 Å². The van der Waals surface area contributed by atoms with Crippen LogP contribution in [0.1, 0.15) is 0 Å². The van der Waals surface area contributed by atoms with Gasteiger partial charge in [0.05, 0.1) is 0 Å². The normalized spacial score (nSPS) is 16.8. The van der Waals surface area contributed by atoms with Crippen molar-refractivity contribution in [3.63, 3.8) is 0 Å². The highest BCUT2D eigenvalue weighted by molar-refractivity contribution is 5.89. The standard InChI is InChI=1S/C12HF21O2/c13-2(1(3(34)35)5(16,17)18)4(14,15)7(20,21)9(24,25)10(26,27)8(22,23)6(19,11(28,29)30)12(31,32)33/h(H,34,35). The third kappa shape index (κ3) is 4.31. The van der Waals surface area contributed by atoms with E-state index in [1.807, 2.05) is 0 Å². The van der Waals surface area contributed by atoms with Crippen LogP contribution in [0.4, 0.5) is 92.2 Å². The predicted octanol–water partition coefficient (Wildman–Crippen LogP) is 6.87. The molecule has 0 heterocycles. The topological polar surface area (TPSA) is 37.3 Å². The fourth-order valence-electron chi connectivity index (χ4n) is 1.96. The molecule has 0 aromatic carbocycles. The molecule has 0 fully saturated rings. The maximum absolute atomic E-state index is 13.4. The molecule has 0 amide bonds. The third-order valence-electron chi connectivity index (χ3n) is 3.78. The van der Waals surface area contributed by atoms with Gasteiger partial charge in [-0.3, -0.25) is 0 Å². The maximum atomic E-state index is 13.4. The molecule has 0 aromatic heterocycles. The average molecular weight is 576 g/mol. The zero-order valence-electron chi connectivity index (χ0n) is 14.8. The molecule has 35 heavy (non-hydrogen) atoms. The number of hydrogen-bond acceptors (Lipinski definition) is 1. The maximum Gasteiger partial charge on any atom is 0.438 e. The van der Waals surface area contributed by atoms with Gasteiger partial charge in [0.15, 0.2) is 11.4 Å². The summed E-state index contributed by atoms with van der Waals surface area (Å²) in [7, 11) is 0. The highest BCUT2D eigenvalue weighted by Crippen LogP contribution is 2.65. The first-order valence-electron chi connectivity index (χ1n) is 7.15. The Balaban J connectivity index is 7.41. The molecule has 0 radical (unpaired) electrons. The molecule has 0 saturated carbocycles. The van der Waals surface area contributed by atoms with Gasteiger partial charge in [0, 0.05) is 0 Å². The van der Waals surface area contributed by atoms with Gasteiger partial charge in [-0.1, -0.05) is 0 Å². The first-order chi connectivity index (χ1) is 14.7. The minimum absolute atomic E-state index is 4.05. The van der Waals surface area contributed by atoms with Gasteiger partial charge in [-0.15, -0.1) is 0 Å². The Morgan fingerprint density at radius 2 is 0.771 bits per heavy atom. The Kier molecular flexibility index (Phi) is 7.60. The molecule has 0 aliphatic heterocycles. The summed E-state index contributed by atoms with van der Waals surface area (Å²) >= 11 is 0. The summed E-state index contributed by atoms with van der Waals surface area (Å²) < 4.78 is 271. The summed E-state index contributed by atoms with van der Waals surface area (Å²) in [6.07, 6.45) is -23.9. The molecule has 208 valence electrons. The number of rotatable bonds is 7. The van der Waals surface area contributed by atoms with Crippen molar-refractivity contribution in [1.82, 2.24) is 0 Å². The lowest BCUT2D eigenvalue weighted by molar-refractivity contribution is -0.464. The van der Waals surface area contributed by atoms with Gasteiger partial charge in [-0.2, -0.15) is 83.4 Å². The van der Waals surface area contributed by atoms with E-state index in [9.17, 15) is 97.0 Å². The molecule has 0 unspecified atom stereocenters. The number of allylic oxidation sites excluding steroid dienone is 1. The molecule has 1 N–H and O–H groups in total. The Hall–Kier alpha value is -2.26. The summed E-state index contributed by atoms with van der Waals surface area (Å²) in [5.74, 6) is -54.2. The number of aliphatic carboxylic acids is 1. The minimum atomic E-state index is -9.26. The highest BCUT2D eigenvalue weighted by Gasteiger charge is 2.97. The number of halogens is 21. The second-order valence-corrected chi connectivity index (χ2v) is 6.02. The van der Waals surface area contributed by atoms with E-state index < -0.39 is 71.2 Å². The molecule has 0 atom stereocenters. The van der Waals surface area contributed by atoms with Crippen LogP contribution in [-0.4, -0.2) is 64.9 Å². The lowest BCUT2D eigenvalue weighted by atomic mass is 9.84. The van der Waals surface area contributed by atoms with Crippen molar-refractivity contribution in [2.45, 2.75) is 53.8 Å². The molecule has 0 aliphatic rings. The van der Waals surface area contributed by atoms with E-state index in [1.165, 1.54) is 0 Å². The number of hydrogen-bond donors (Lipinski definition) is 1. The van der Waals surface area contributed by atoms with E-state index in [4.69, 9.17) is 5.11 Å². The number of carboxylic acid groups (broad SMARTS) is 1. The van der Waals surface area contributed by atoms with Gasteiger partial charge in [-0.05, 0) is 0 Å². The van der Waals surface area contributed by atoms with Gasteiger partial charge in [0.25, 0.3) is 0 Å². The predicted molar refractivity (Wildman–Crippen MR) is 62.5 cm³/mol.